The third-order valence-corrected chi connectivity index (χ3v) is 7.75. The Balaban J connectivity index is 1.71. The Morgan fingerprint density at radius 3 is 2.61 bits per heavy atom. The number of nitrogens with zero attached hydrogens (tertiary/aromatic N) is 2. The van der Waals surface area contributed by atoms with Crippen molar-refractivity contribution in [3.8, 4) is 6.07 Å². The van der Waals surface area contributed by atoms with Crippen LogP contribution in [-0.4, -0.2) is 41.7 Å². The summed E-state index contributed by atoms with van der Waals surface area (Å²) in [5.41, 5.74) is -0.0237. The van der Waals surface area contributed by atoms with E-state index in [0.717, 1.165) is 12.8 Å². The van der Waals surface area contributed by atoms with Crippen LogP contribution in [0.15, 0.2) is 11.6 Å². The summed E-state index contributed by atoms with van der Waals surface area (Å²) >= 11 is 0. The van der Waals surface area contributed by atoms with E-state index in [1.165, 1.54) is 38.2 Å². The molecule has 4 nitrogen and oxygen atoms in total. The third-order valence-electron chi connectivity index (χ3n) is 7.75. The number of piperidine rings is 2. The quantitative estimate of drug-likeness (QED) is 0.474. The van der Waals surface area contributed by atoms with Gasteiger partial charge in [-0.1, -0.05) is 39.0 Å². The van der Waals surface area contributed by atoms with Gasteiger partial charge in [0.2, 0.25) is 0 Å². The van der Waals surface area contributed by atoms with Gasteiger partial charge in [0.05, 0.1) is 0 Å². The molecule has 0 aromatic heterocycles. The van der Waals surface area contributed by atoms with E-state index < -0.39 is 18.3 Å². The number of alkyl halides is 3. The molecule has 3 aliphatic rings. The van der Waals surface area contributed by atoms with E-state index in [0.29, 0.717) is 37.1 Å². The van der Waals surface area contributed by atoms with Gasteiger partial charge in [-0.2, -0.15) is 18.4 Å². The normalized spacial score (nSPS) is 35.1. The van der Waals surface area contributed by atoms with Gasteiger partial charge < -0.3 is 4.90 Å². The van der Waals surface area contributed by atoms with E-state index in [-0.39, 0.29) is 23.9 Å². The van der Waals surface area contributed by atoms with Gasteiger partial charge in [-0.05, 0) is 62.9 Å². The molecule has 0 aromatic rings. The number of likely N-dealkylation sites (tertiary alicyclic amines) is 1. The molecule has 6 atom stereocenters. The number of amides is 1. The second-order valence-electron chi connectivity index (χ2n) is 9.76. The second kappa shape index (κ2) is 10.4. The molecule has 1 amide bonds. The van der Waals surface area contributed by atoms with Gasteiger partial charge in [0, 0.05) is 18.6 Å². The lowest BCUT2D eigenvalue weighted by Gasteiger charge is -2.44. The van der Waals surface area contributed by atoms with Crippen molar-refractivity contribution in [1.82, 2.24) is 10.2 Å². The van der Waals surface area contributed by atoms with Gasteiger partial charge in [-0.25, -0.2) is 0 Å². The van der Waals surface area contributed by atoms with Crippen LogP contribution in [0.25, 0.3) is 0 Å². The number of rotatable bonds is 4. The lowest BCUT2D eigenvalue weighted by molar-refractivity contribution is -0.162. The molecule has 1 aliphatic carbocycles. The number of fused-ring (bicyclic) bond motifs is 1. The summed E-state index contributed by atoms with van der Waals surface area (Å²) in [6.45, 7) is 4.94. The van der Waals surface area contributed by atoms with Crippen LogP contribution in [0.5, 0.6) is 0 Å². The first-order valence-corrected chi connectivity index (χ1v) is 12.0. The molecule has 174 valence electrons. The monoisotopic (exact) mass is 439 g/mol. The molecule has 0 aromatic carbocycles. The number of carbonyl (C=O) groups is 1. The SMILES string of the molecule is CCCC1CCCC2CCN(C(=O)/C(C#N)=C/C3CCCC(C(F)(F)F)N3)C(C)C2C1. The second-order valence-corrected chi connectivity index (χ2v) is 9.76. The maximum absolute atomic E-state index is 13.2. The largest absolute Gasteiger partial charge is 0.403 e. The van der Waals surface area contributed by atoms with Crippen LogP contribution in [0.4, 0.5) is 13.2 Å². The average molecular weight is 440 g/mol. The topological polar surface area (TPSA) is 56.1 Å². The number of nitriles is 1. The smallest absolute Gasteiger partial charge is 0.335 e. The molecule has 31 heavy (non-hydrogen) atoms. The molecular weight excluding hydrogens is 403 g/mol. The number of hydrogen-bond acceptors (Lipinski definition) is 3. The highest BCUT2D eigenvalue weighted by Gasteiger charge is 2.43. The van der Waals surface area contributed by atoms with Gasteiger partial charge in [0.25, 0.3) is 5.91 Å². The Morgan fingerprint density at radius 1 is 1.19 bits per heavy atom. The van der Waals surface area contributed by atoms with Crippen molar-refractivity contribution in [2.24, 2.45) is 17.8 Å². The van der Waals surface area contributed by atoms with Gasteiger partial charge in [0.15, 0.2) is 0 Å². The first-order chi connectivity index (χ1) is 14.7. The van der Waals surface area contributed by atoms with Gasteiger partial charge >= 0.3 is 6.18 Å². The summed E-state index contributed by atoms with van der Waals surface area (Å²) in [7, 11) is 0. The zero-order valence-electron chi connectivity index (χ0n) is 18.8. The van der Waals surface area contributed by atoms with Crippen LogP contribution in [0.1, 0.15) is 78.1 Å². The molecule has 0 radical (unpaired) electrons. The van der Waals surface area contributed by atoms with Gasteiger partial charge in [0.1, 0.15) is 17.7 Å². The van der Waals surface area contributed by atoms with E-state index in [1.54, 1.807) is 0 Å². The van der Waals surface area contributed by atoms with Crippen LogP contribution in [0, 0.1) is 29.1 Å². The summed E-state index contributed by atoms with van der Waals surface area (Å²) in [5.74, 6) is 1.46. The summed E-state index contributed by atoms with van der Waals surface area (Å²) in [4.78, 5) is 15.1. The molecule has 1 N–H and O–H groups in total. The predicted molar refractivity (Wildman–Crippen MR) is 114 cm³/mol. The average Bonchev–Trinajstić information content (AvgIpc) is 2.94. The van der Waals surface area contributed by atoms with Gasteiger partial charge in [-0.3, -0.25) is 10.1 Å². The maximum Gasteiger partial charge on any atom is 0.403 e. The van der Waals surface area contributed by atoms with Crippen LogP contribution >= 0.6 is 0 Å². The van der Waals surface area contributed by atoms with Crippen molar-refractivity contribution in [3.05, 3.63) is 11.6 Å². The molecule has 6 unspecified atom stereocenters. The minimum Gasteiger partial charge on any atom is -0.335 e. The van der Waals surface area contributed by atoms with E-state index in [9.17, 15) is 23.2 Å². The van der Waals surface area contributed by atoms with E-state index >= 15 is 0 Å². The number of nitrogens with one attached hydrogen (secondary N) is 1. The Hall–Kier alpha value is -1.55. The van der Waals surface area contributed by atoms with E-state index in [1.807, 2.05) is 11.0 Å². The van der Waals surface area contributed by atoms with Crippen LogP contribution in [0.3, 0.4) is 0 Å². The minimum absolute atomic E-state index is 0.0237. The molecule has 3 fully saturated rings. The first kappa shape index (κ1) is 24.1. The molecule has 1 saturated carbocycles. The molecule has 3 rings (SSSR count). The highest BCUT2D eigenvalue weighted by molar-refractivity contribution is 5.97. The van der Waals surface area contributed by atoms with Crippen molar-refractivity contribution in [2.45, 2.75) is 102 Å². The fourth-order valence-electron chi connectivity index (χ4n) is 6.09. The Kier molecular flexibility index (Phi) is 8.07. The third kappa shape index (κ3) is 5.83. The summed E-state index contributed by atoms with van der Waals surface area (Å²) in [6, 6.07) is -0.133. The fraction of sp³-hybridized carbons (Fsp3) is 0.833. The molecule has 2 heterocycles. The van der Waals surface area contributed by atoms with E-state index in [4.69, 9.17) is 0 Å². The molecule has 7 heteroatoms. The summed E-state index contributed by atoms with van der Waals surface area (Å²) in [5, 5.41) is 12.2. The lowest BCUT2D eigenvalue weighted by atomic mass is 9.75. The van der Waals surface area contributed by atoms with Crippen molar-refractivity contribution in [3.63, 3.8) is 0 Å². The standard InChI is InChI=1S/C24H36F3N3O/c1-3-6-17-7-4-8-18-11-12-30(16(2)21(18)13-17)23(31)19(15-28)14-20-9-5-10-22(29-20)24(25,26)27/h14,16-18,20-22,29H,3-13H2,1-2H3/b19-14+. The number of halogens is 3. The highest BCUT2D eigenvalue weighted by atomic mass is 19.4. The van der Waals surface area contributed by atoms with Crippen molar-refractivity contribution in [1.29, 1.82) is 5.26 Å². The molecular formula is C24H36F3N3O. The molecule has 2 saturated heterocycles. The number of carbonyl (C=O) groups excluding carboxylic acids is 1. The van der Waals surface area contributed by atoms with Crippen LogP contribution in [-0.2, 0) is 4.79 Å². The Morgan fingerprint density at radius 2 is 1.94 bits per heavy atom. The van der Waals surface area contributed by atoms with Crippen molar-refractivity contribution in [2.75, 3.05) is 6.54 Å². The zero-order chi connectivity index (χ0) is 22.6. The molecule has 2 aliphatic heterocycles. The predicted octanol–water partition coefficient (Wildman–Crippen LogP) is 5.35. The first-order valence-electron chi connectivity index (χ1n) is 12.0. The lowest BCUT2D eigenvalue weighted by Crippen LogP contribution is -2.51. The molecule has 0 spiro atoms. The summed E-state index contributed by atoms with van der Waals surface area (Å²) in [6.07, 6.45) is 6.30. The minimum atomic E-state index is -4.31. The fourth-order valence-corrected chi connectivity index (χ4v) is 6.09. The Bertz CT molecular complexity index is 699. The van der Waals surface area contributed by atoms with Crippen LogP contribution < -0.4 is 5.32 Å². The molecule has 0 bridgehead atoms. The zero-order valence-corrected chi connectivity index (χ0v) is 18.8. The van der Waals surface area contributed by atoms with Crippen molar-refractivity contribution < 1.29 is 18.0 Å². The van der Waals surface area contributed by atoms with Crippen LogP contribution in [0.2, 0.25) is 0 Å². The highest BCUT2D eigenvalue weighted by Crippen LogP contribution is 2.42. The summed E-state index contributed by atoms with van der Waals surface area (Å²) < 4.78 is 39.3. The van der Waals surface area contributed by atoms with Gasteiger partial charge in [-0.15, -0.1) is 0 Å². The maximum atomic E-state index is 13.2. The Labute approximate surface area is 184 Å². The van der Waals surface area contributed by atoms with Crippen molar-refractivity contribution >= 4 is 5.91 Å². The van der Waals surface area contributed by atoms with E-state index in [2.05, 4.69) is 19.2 Å². The number of hydrogen-bond donors (Lipinski definition) is 1.